The Hall–Kier alpha value is -1.14. The molecular formula is C11H13ClN2O3S. The Kier molecular flexibility index (Phi) is 3.33. The molecular weight excluding hydrogens is 276 g/mol. The minimum atomic E-state index is -3.70. The summed E-state index contributed by atoms with van der Waals surface area (Å²) in [5, 5.41) is -0.833. The first-order valence-corrected chi connectivity index (χ1v) is 7.84. The second-order valence-electron chi connectivity index (χ2n) is 4.41. The SMILES string of the molecule is Cc1cc(N2CC(S(=O)(=O)Cl)CC2=O)cc(C)n1. The van der Waals surface area contributed by atoms with Crippen LogP contribution in [0.15, 0.2) is 12.1 Å². The van der Waals surface area contributed by atoms with Crippen LogP contribution in [-0.2, 0) is 13.8 Å². The highest BCUT2D eigenvalue weighted by molar-refractivity contribution is 8.14. The van der Waals surface area contributed by atoms with Crippen LogP contribution in [0.3, 0.4) is 0 Å². The number of aryl methyl sites for hydroxylation is 2. The Morgan fingerprint density at radius 2 is 1.89 bits per heavy atom. The number of anilines is 1. The molecule has 1 aliphatic heterocycles. The van der Waals surface area contributed by atoms with E-state index in [9.17, 15) is 13.2 Å². The summed E-state index contributed by atoms with van der Waals surface area (Å²) in [5.41, 5.74) is 2.25. The lowest BCUT2D eigenvalue weighted by molar-refractivity contribution is -0.117. The van der Waals surface area contributed by atoms with Crippen LogP contribution in [0.4, 0.5) is 5.69 Å². The van der Waals surface area contributed by atoms with Crippen molar-refractivity contribution in [3.8, 4) is 0 Å². The van der Waals surface area contributed by atoms with Gasteiger partial charge >= 0.3 is 0 Å². The third-order valence-corrected chi connectivity index (χ3v) is 4.73. The molecule has 7 heteroatoms. The topological polar surface area (TPSA) is 67.3 Å². The number of hydrogen-bond donors (Lipinski definition) is 0. The van der Waals surface area contributed by atoms with Gasteiger partial charge in [0.2, 0.25) is 15.0 Å². The largest absolute Gasteiger partial charge is 0.311 e. The van der Waals surface area contributed by atoms with E-state index in [1.54, 1.807) is 12.1 Å². The molecule has 0 N–H and O–H groups in total. The average Bonchev–Trinajstić information content (AvgIpc) is 2.58. The molecule has 0 saturated carbocycles. The Bertz CT molecular complexity index is 580. The summed E-state index contributed by atoms with van der Waals surface area (Å²) in [6, 6.07) is 3.52. The molecule has 1 aromatic rings. The first-order valence-electron chi connectivity index (χ1n) is 5.46. The van der Waals surface area contributed by atoms with Crippen molar-refractivity contribution < 1.29 is 13.2 Å². The molecule has 0 radical (unpaired) electrons. The number of carbonyl (C=O) groups excluding carboxylic acids is 1. The number of halogens is 1. The molecule has 1 aromatic heterocycles. The molecule has 1 fully saturated rings. The average molecular weight is 289 g/mol. The number of carbonyl (C=O) groups is 1. The lowest BCUT2D eigenvalue weighted by Crippen LogP contribution is -2.26. The summed E-state index contributed by atoms with van der Waals surface area (Å²) < 4.78 is 22.5. The lowest BCUT2D eigenvalue weighted by Gasteiger charge is -2.17. The molecule has 0 aliphatic carbocycles. The maximum Gasteiger partial charge on any atom is 0.237 e. The number of nitrogens with zero attached hydrogens (tertiary/aromatic N) is 2. The highest BCUT2D eigenvalue weighted by atomic mass is 35.7. The molecule has 1 saturated heterocycles. The standard InChI is InChI=1S/C11H13ClN2O3S/c1-7-3-9(4-8(2)13-7)14-6-10(5-11(14)15)18(12,16)17/h3-4,10H,5-6H2,1-2H3. The van der Waals surface area contributed by atoms with Gasteiger partial charge in [-0.15, -0.1) is 0 Å². The van der Waals surface area contributed by atoms with Crippen LogP contribution in [0.1, 0.15) is 17.8 Å². The number of amides is 1. The molecule has 1 atom stereocenters. The summed E-state index contributed by atoms with van der Waals surface area (Å²) in [5.74, 6) is -0.228. The van der Waals surface area contributed by atoms with Crippen molar-refractivity contribution in [2.75, 3.05) is 11.4 Å². The van der Waals surface area contributed by atoms with Gasteiger partial charge in [-0.3, -0.25) is 9.78 Å². The normalized spacial score (nSPS) is 20.5. The second-order valence-corrected chi connectivity index (χ2v) is 7.32. The first kappa shape index (κ1) is 13.3. The fourth-order valence-electron chi connectivity index (χ4n) is 2.08. The van der Waals surface area contributed by atoms with Crippen molar-refractivity contribution in [3.05, 3.63) is 23.5 Å². The summed E-state index contributed by atoms with van der Waals surface area (Å²) in [6.07, 6.45) is -0.0632. The van der Waals surface area contributed by atoms with Crippen molar-refractivity contribution in [2.45, 2.75) is 25.5 Å². The highest BCUT2D eigenvalue weighted by Gasteiger charge is 2.38. The Morgan fingerprint density at radius 3 is 2.33 bits per heavy atom. The molecule has 1 aliphatic rings. The van der Waals surface area contributed by atoms with Gasteiger partial charge in [-0.2, -0.15) is 0 Å². The molecule has 2 rings (SSSR count). The minimum Gasteiger partial charge on any atom is -0.311 e. The van der Waals surface area contributed by atoms with Crippen molar-refractivity contribution in [1.29, 1.82) is 0 Å². The lowest BCUT2D eigenvalue weighted by atomic mass is 10.2. The molecule has 0 aromatic carbocycles. The van der Waals surface area contributed by atoms with Crippen molar-refractivity contribution in [3.63, 3.8) is 0 Å². The van der Waals surface area contributed by atoms with Gasteiger partial charge in [-0.05, 0) is 26.0 Å². The summed E-state index contributed by atoms with van der Waals surface area (Å²) in [4.78, 5) is 17.5. The molecule has 5 nitrogen and oxygen atoms in total. The van der Waals surface area contributed by atoms with E-state index in [4.69, 9.17) is 10.7 Å². The smallest absolute Gasteiger partial charge is 0.237 e. The number of aromatic nitrogens is 1. The van der Waals surface area contributed by atoms with Crippen molar-refractivity contribution in [2.24, 2.45) is 0 Å². The maximum atomic E-state index is 11.8. The molecule has 2 heterocycles. The number of pyridine rings is 1. The number of hydrogen-bond acceptors (Lipinski definition) is 4. The van der Waals surface area contributed by atoms with Gasteiger partial charge in [0, 0.05) is 40.7 Å². The predicted octanol–water partition coefficient (Wildman–Crippen LogP) is 1.37. The van der Waals surface area contributed by atoms with Crippen molar-refractivity contribution in [1.82, 2.24) is 4.98 Å². The van der Waals surface area contributed by atoms with Gasteiger partial charge in [0.05, 0.1) is 0 Å². The molecule has 18 heavy (non-hydrogen) atoms. The Morgan fingerprint density at radius 1 is 1.33 bits per heavy atom. The van der Waals surface area contributed by atoms with Crippen LogP contribution < -0.4 is 4.90 Å². The first-order chi connectivity index (χ1) is 8.27. The number of rotatable bonds is 2. The summed E-state index contributed by atoms with van der Waals surface area (Å²) in [7, 11) is 1.60. The zero-order valence-corrected chi connectivity index (χ0v) is 11.6. The highest BCUT2D eigenvalue weighted by Crippen LogP contribution is 2.27. The fourth-order valence-corrected chi connectivity index (χ4v) is 3.11. The molecule has 0 spiro atoms. The molecule has 1 amide bonds. The van der Waals surface area contributed by atoms with E-state index >= 15 is 0 Å². The minimum absolute atomic E-state index is 0.0632. The van der Waals surface area contributed by atoms with Gasteiger partial charge in [0.1, 0.15) is 5.25 Å². The van der Waals surface area contributed by atoms with Crippen LogP contribution in [0.5, 0.6) is 0 Å². The van der Waals surface area contributed by atoms with Gasteiger partial charge < -0.3 is 4.90 Å². The van der Waals surface area contributed by atoms with Gasteiger partial charge in [0.15, 0.2) is 0 Å². The zero-order valence-electron chi connectivity index (χ0n) is 10.1. The maximum absolute atomic E-state index is 11.8. The van der Waals surface area contributed by atoms with E-state index in [2.05, 4.69) is 4.98 Å². The molecule has 0 bridgehead atoms. The Labute approximate surface area is 110 Å². The van der Waals surface area contributed by atoms with Gasteiger partial charge in [-0.25, -0.2) is 8.42 Å². The third kappa shape index (κ3) is 2.64. The van der Waals surface area contributed by atoms with E-state index in [1.165, 1.54) is 4.90 Å². The van der Waals surface area contributed by atoms with E-state index in [-0.39, 0.29) is 18.9 Å². The van der Waals surface area contributed by atoms with Crippen LogP contribution in [0, 0.1) is 13.8 Å². The zero-order chi connectivity index (χ0) is 13.5. The van der Waals surface area contributed by atoms with Crippen LogP contribution in [-0.4, -0.2) is 31.1 Å². The summed E-state index contributed by atoms with van der Waals surface area (Å²) in [6.45, 7) is 3.76. The van der Waals surface area contributed by atoms with Gasteiger partial charge in [0.25, 0.3) is 0 Å². The monoisotopic (exact) mass is 288 g/mol. The summed E-state index contributed by atoms with van der Waals surface area (Å²) >= 11 is 0. The quantitative estimate of drug-likeness (QED) is 0.771. The Balaban J connectivity index is 2.32. The third-order valence-electron chi connectivity index (χ3n) is 2.87. The second kappa shape index (κ2) is 4.51. The fraction of sp³-hybridized carbons (Fsp3) is 0.455. The molecule has 98 valence electrons. The molecule has 1 unspecified atom stereocenters. The van der Waals surface area contributed by atoms with Crippen LogP contribution in [0.2, 0.25) is 0 Å². The van der Waals surface area contributed by atoms with Crippen LogP contribution in [0.25, 0.3) is 0 Å². The van der Waals surface area contributed by atoms with E-state index in [0.717, 1.165) is 11.4 Å². The van der Waals surface area contributed by atoms with Gasteiger partial charge in [-0.1, -0.05) is 0 Å². The van der Waals surface area contributed by atoms with E-state index in [1.807, 2.05) is 13.8 Å². The van der Waals surface area contributed by atoms with E-state index < -0.39 is 14.3 Å². The van der Waals surface area contributed by atoms with Crippen molar-refractivity contribution >= 4 is 31.3 Å². The van der Waals surface area contributed by atoms with Crippen LogP contribution >= 0.6 is 10.7 Å². The predicted molar refractivity (Wildman–Crippen MR) is 69.2 cm³/mol. The van der Waals surface area contributed by atoms with E-state index in [0.29, 0.717) is 5.69 Å².